The summed E-state index contributed by atoms with van der Waals surface area (Å²) in [5.74, 6) is -1.53. The normalized spacial score (nSPS) is 20.9. The maximum absolute atomic E-state index is 13.9. The zero-order valence-electron chi connectivity index (χ0n) is 20.1. The molecule has 2 aliphatic heterocycles. The average molecular weight is 498 g/mol. The number of methoxy groups -OCH3 is 1. The third-order valence-corrected chi connectivity index (χ3v) is 6.88. The minimum Gasteiger partial charge on any atom is -0.383 e. The van der Waals surface area contributed by atoms with Gasteiger partial charge in [0.05, 0.1) is 13.2 Å². The van der Waals surface area contributed by atoms with E-state index in [1.807, 2.05) is 0 Å². The van der Waals surface area contributed by atoms with E-state index in [2.05, 4.69) is 5.32 Å². The number of imide groups is 1. The molecule has 0 saturated carbocycles. The minimum absolute atomic E-state index is 0.123. The number of carbonyl (C=O) groups excluding carboxylic acids is 3. The molecule has 0 aliphatic carbocycles. The van der Waals surface area contributed by atoms with Gasteiger partial charge >= 0.3 is 6.03 Å². The van der Waals surface area contributed by atoms with Crippen molar-refractivity contribution in [3.8, 4) is 0 Å². The number of hydrogen-bond donors (Lipinski definition) is 1. The smallest absolute Gasteiger partial charge is 0.325 e. The summed E-state index contributed by atoms with van der Waals surface area (Å²) in [6.07, 6.45) is 4.23. The number of ether oxygens (including phenoxy) is 1. The Bertz CT molecular complexity index is 1150. The molecule has 0 bridgehead atoms. The van der Waals surface area contributed by atoms with Crippen LogP contribution >= 0.6 is 0 Å². The second-order valence-electron chi connectivity index (χ2n) is 9.14. The number of piperidine rings is 1. The average Bonchev–Trinajstić information content (AvgIpc) is 3.11. The van der Waals surface area contributed by atoms with Gasteiger partial charge in [-0.25, -0.2) is 13.6 Å². The molecule has 4 amide bonds. The van der Waals surface area contributed by atoms with Crippen LogP contribution in [-0.2, 0) is 20.7 Å². The van der Waals surface area contributed by atoms with E-state index in [1.165, 1.54) is 37.5 Å². The number of likely N-dealkylation sites (tertiary alicyclic amines) is 1. The summed E-state index contributed by atoms with van der Waals surface area (Å²) < 4.78 is 32.1. The number of amides is 4. The molecule has 0 spiro atoms. The van der Waals surface area contributed by atoms with Crippen molar-refractivity contribution in [2.24, 2.45) is 5.92 Å². The van der Waals surface area contributed by atoms with Gasteiger partial charge in [-0.05, 0) is 60.2 Å². The molecule has 2 fully saturated rings. The third-order valence-electron chi connectivity index (χ3n) is 6.88. The van der Waals surface area contributed by atoms with E-state index in [9.17, 15) is 23.2 Å². The quantitative estimate of drug-likeness (QED) is 0.448. The summed E-state index contributed by atoms with van der Waals surface area (Å²) in [5.41, 5.74) is 0.0969. The Morgan fingerprint density at radius 1 is 1.11 bits per heavy atom. The van der Waals surface area contributed by atoms with Gasteiger partial charge in [-0.2, -0.15) is 0 Å². The molecule has 1 unspecified atom stereocenters. The van der Waals surface area contributed by atoms with Crippen LogP contribution in [0, 0.1) is 17.6 Å². The molecule has 190 valence electrons. The first-order chi connectivity index (χ1) is 17.3. The van der Waals surface area contributed by atoms with Crippen molar-refractivity contribution in [1.29, 1.82) is 0 Å². The Labute approximate surface area is 208 Å². The Morgan fingerprint density at radius 2 is 1.83 bits per heavy atom. The fraction of sp³-hybridized carbons (Fsp3) is 0.370. The summed E-state index contributed by atoms with van der Waals surface area (Å²) in [5, 5.41) is 2.92. The lowest BCUT2D eigenvalue weighted by atomic mass is 9.74. The van der Waals surface area contributed by atoms with Gasteiger partial charge in [0.25, 0.3) is 5.91 Å². The van der Waals surface area contributed by atoms with Gasteiger partial charge in [0.1, 0.15) is 17.2 Å². The number of benzene rings is 2. The van der Waals surface area contributed by atoms with Gasteiger partial charge in [-0.3, -0.25) is 14.5 Å². The van der Waals surface area contributed by atoms with Crippen LogP contribution in [0.25, 0.3) is 6.08 Å². The van der Waals surface area contributed by atoms with E-state index in [4.69, 9.17) is 4.74 Å². The lowest BCUT2D eigenvalue weighted by Crippen LogP contribution is -2.58. The number of halogens is 2. The predicted octanol–water partition coefficient (Wildman–Crippen LogP) is 3.40. The van der Waals surface area contributed by atoms with Gasteiger partial charge in [0.15, 0.2) is 0 Å². The first-order valence-corrected chi connectivity index (χ1v) is 11.9. The van der Waals surface area contributed by atoms with Crippen LogP contribution < -0.4 is 5.32 Å². The highest BCUT2D eigenvalue weighted by atomic mass is 19.1. The van der Waals surface area contributed by atoms with Crippen molar-refractivity contribution in [3.05, 3.63) is 77.4 Å². The van der Waals surface area contributed by atoms with Crippen molar-refractivity contribution in [2.45, 2.75) is 24.8 Å². The molecule has 9 heteroatoms. The monoisotopic (exact) mass is 497 g/mol. The molecule has 1 N–H and O–H groups in total. The number of carbonyl (C=O) groups is 3. The van der Waals surface area contributed by atoms with E-state index >= 15 is 0 Å². The molecule has 2 aromatic carbocycles. The van der Waals surface area contributed by atoms with Crippen molar-refractivity contribution in [1.82, 2.24) is 15.1 Å². The van der Waals surface area contributed by atoms with E-state index < -0.39 is 17.4 Å². The highest BCUT2D eigenvalue weighted by Crippen LogP contribution is 2.36. The molecule has 2 saturated heterocycles. The minimum atomic E-state index is -1.22. The molecule has 2 aliphatic rings. The van der Waals surface area contributed by atoms with Gasteiger partial charge in [-0.1, -0.05) is 24.3 Å². The lowest BCUT2D eigenvalue weighted by Gasteiger charge is -2.41. The lowest BCUT2D eigenvalue weighted by molar-refractivity contribution is -0.135. The van der Waals surface area contributed by atoms with Crippen molar-refractivity contribution in [2.75, 3.05) is 33.4 Å². The zero-order valence-corrected chi connectivity index (χ0v) is 20.1. The summed E-state index contributed by atoms with van der Waals surface area (Å²) in [4.78, 5) is 42.0. The predicted molar refractivity (Wildman–Crippen MR) is 130 cm³/mol. The van der Waals surface area contributed by atoms with Crippen molar-refractivity contribution in [3.63, 3.8) is 0 Å². The molecule has 36 heavy (non-hydrogen) atoms. The van der Waals surface area contributed by atoms with Crippen LogP contribution in [0.15, 0.2) is 54.6 Å². The zero-order chi connectivity index (χ0) is 25.7. The number of urea groups is 1. The van der Waals surface area contributed by atoms with E-state index in [1.54, 1.807) is 35.2 Å². The molecule has 0 radical (unpaired) electrons. The van der Waals surface area contributed by atoms with Crippen molar-refractivity contribution < 1.29 is 27.9 Å². The van der Waals surface area contributed by atoms with E-state index in [-0.39, 0.29) is 43.1 Å². The maximum atomic E-state index is 13.9. The molecule has 2 heterocycles. The second-order valence-corrected chi connectivity index (χ2v) is 9.14. The van der Waals surface area contributed by atoms with Crippen LogP contribution in [0.2, 0.25) is 0 Å². The summed E-state index contributed by atoms with van der Waals surface area (Å²) in [6.45, 7) is 1.15. The summed E-state index contributed by atoms with van der Waals surface area (Å²) >= 11 is 0. The van der Waals surface area contributed by atoms with Gasteiger partial charge < -0.3 is 15.0 Å². The van der Waals surface area contributed by atoms with Gasteiger partial charge in [-0.15, -0.1) is 0 Å². The largest absolute Gasteiger partial charge is 0.383 e. The Balaban J connectivity index is 1.49. The van der Waals surface area contributed by atoms with Gasteiger partial charge in [0, 0.05) is 32.7 Å². The van der Waals surface area contributed by atoms with Crippen LogP contribution in [0.1, 0.15) is 24.0 Å². The summed E-state index contributed by atoms with van der Waals surface area (Å²) in [7, 11) is 1.50. The SMILES string of the molecule is COCCN1C(=O)NC(Cc2cccc(F)c2)(C2CCN(C(=O)/C=C/c3ccc(F)cc3)CC2)C1=O. The number of nitrogens with zero attached hydrogens (tertiary/aromatic N) is 2. The van der Waals surface area contributed by atoms with Crippen LogP contribution in [-0.4, -0.2) is 66.5 Å². The highest BCUT2D eigenvalue weighted by Gasteiger charge is 2.55. The van der Waals surface area contributed by atoms with Crippen LogP contribution in [0.4, 0.5) is 13.6 Å². The van der Waals surface area contributed by atoms with E-state index in [0.717, 1.165) is 4.90 Å². The maximum Gasteiger partial charge on any atom is 0.325 e. The molecular formula is C27H29F2N3O4. The Kier molecular flexibility index (Phi) is 7.79. The third kappa shape index (κ3) is 5.46. The van der Waals surface area contributed by atoms with Crippen LogP contribution in [0.5, 0.6) is 0 Å². The van der Waals surface area contributed by atoms with E-state index in [0.29, 0.717) is 37.1 Å². The topological polar surface area (TPSA) is 79.0 Å². The van der Waals surface area contributed by atoms with Crippen molar-refractivity contribution >= 4 is 23.9 Å². The summed E-state index contributed by atoms with van der Waals surface area (Å²) in [6, 6.07) is 11.4. The highest BCUT2D eigenvalue weighted by molar-refractivity contribution is 6.07. The Hall–Kier alpha value is -3.59. The molecular weight excluding hydrogens is 468 g/mol. The fourth-order valence-corrected chi connectivity index (χ4v) is 4.98. The number of rotatable bonds is 8. The van der Waals surface area contributed by atoms with Crippen LogP contribution in [0.3, 0.4) is 0 Å². The molecule has 0 aromatic heterocycles. The van der Waals surface area contributed by atoms with Gasteiger partial charge in [0.2, 0.25) is 5.91 Å². The molecule has 2 aromatic rings. The second kappa shape index (κ2) is 11.0. The first-order valence-electron chi connectivity index (χ1n) is 11.9. The number of hydrogen-bond acceptors (Lipinski definition) is 4. The fourth-order valence-electron chi connectivity index (χ4n) is 4.98. The molecule has 1 atom stereocenters. The Morgan fingerprint density at radius 3 is 2.50 bits per heavy atom. The molecule has 7 nitrogen and oxygen atoms in total. The number of nitrogens with one attached hydrogen (secondary N) is 1. The first kappa shape index (κ1) is 25.5. The molecule has 4 rings (SSSR count). The standard InChI is InChI=1S/C27H29F2N3O4/c1-36-16-15-32-25(34)27(30-26(32)35,18-20-3-2-4-23(29)17-20)21-11-13-31(14-12-21)24(33)10-7-19-5-8-22(28)9-6-19/h2-10,17,21H,11-16,18H2,1H3,(H,30,35)/b10-7+.